The quantitative estimate of drug-likeness (QED) is 0.733. The molecule has 0 atom stereocenters. The molecular formula is C14H14O3. The van der Waals surface area contributed by atoms with Gasteiger partial charge >= 0.3 is 0 Å². The molecule has 0 amide bonds. The van der Waals surface area contributed by atoms with E-state index >= 15 is 0 Å². The van der Waals surface area contributed by atoms with Gasteiger partial charge in [0.2, 0.25) is 0 Å². The van der Waals surface area contributed by atoms with Crippen molar-refractivity contribution in [2.75, 3.05) is 6.61 Å². The Labute approximate surface area is 98.6 Å². The van der Waals surface area contributed by atoms with Gasteiger partial charge in [0, 0.05) is 21.8 Å². The van der Waals surface area contributed by atoms with Gasteiger partial charge in [-0.3, -0.25) is 0 Å². The highest BCUT2D eigenvalue weighted by Gasteiger charge is 2.27. The lowest BCUT2D eigenvalue weighted by Crippen LogP contribution is -2.22. The smallest absolute Gasteiger partial charge is 0.138 e. The minimum absolute atomic E-state index is 0.0626. The molecule has 3 heteroatoms. The molecule has 1 N–H and O–H groups in total. The van der Waals surface area contributed by atoms with Crippen molar-refractivity contribution in [2.24, 2.45) is 0 Å². The number of furan rings is 2. The molecule has 2 heterocycles. The second kappa shape index (κ2) is 3.37. The Morgan fingerprint density at radius 2 is 1.94 bits per heavy atom. The topological polar surface area (TPSA) is 46.5 Å². The van der Waals surface area contributed by atoms with Gasteiger partial charge in [-0.15, -0.1) is 0 Å². The number of fused-ring (bicyclic) bond motifs is 2. The molecule has 3 aromatic rings. The normalized spacial score (nSPS) is 12.6. The first-order chi connectivity index (χ1) is 8.13. The maximum Gasteiger partial charge on any atom is 0.138 e. The van der Waals surface area contributed by atoms with Gasteiger partial charge in [-0.2, -0.15) is 0 Å². The van der Waals surface area contributed by atoms with Crippen LogP contribution in [0.2, 0.25) is 0 Å². The first kappa shape index (κ1) is 10.4. The zero-order valence-corrected chi connectivity index (χ0v) is 9.86. The van der Waals surface area contributed by atoms with Crippen LogP contribution >= 0.6 is 0 Å². The molecule has 3 rings (SSSR count). The molecule has 0 radical (unpaired) electrons. The molecule has 0 unspecified atom stereocenters. The molecule has 17 heavy (non-hydrogen) atoms. The fourth-order valence-electron chi connectivity index (χ4n) is 2.29. The summed E-state index contributed by atoms with van der Waals surface area (Å²) in [5, 5.41) is 11.6. The van der Waals surface area contributed by atoms with E-state index in [-0.39, 0.29) is 12.0 Å². The van der Waals surface area contributed by atoms with Crippen molar-refractivity contribution in [1.29, 1.82) is 0 Å². The SMILES string of the molecule is CC(C)(CO)c1c2ccoc2cc2ccoc12. The van der Waals surface area contributed by atoms with Gasteiger partial charge in [0.1, 0.15) is 11.2 Å². The molecule has 0 aliphatic carbocycles. The lowest BCUT2D eigenvalue weighted by atomic mass is 9.82. The van der Waals surface area contributed by atoms with E-state index in [2.05, 4.69) is 0 Å². The van der Waals surface area contributed by atoms with Crippen LogP contribution < -0.4 is 0 Å². The van der Waals surface area contributed by atoms with Crippen LogP contribution in [-0.4, -0.2) is 11.7 Å². The second-order valence-corrected chi connectivity index (χ2v) is 4.96. The Bertz CT molecular complexity index is 624. The fraction of sp³-hybridized carbons (Fsp3) is 0.286. The van der Waals surface area contributed by atoms with E-state index in [1.807, 2.05) is 32.0 Å². The minimum atomic E-state index is -0.362. The van der Waals surface area contributed by atoms with Crippen LogP contribution in [0, 0.1) is 0 Å². The van der Waals surface area contributed by atoms with Crippen LogP contribution in [0.3, 0.4) is 0 Å². The molecule has 0 aliphatic heterocycles. The average molecular weight is 230 g/mol. The van der Waals surface area contributed by atoms with Crippen LogP contribution in [0.1, 0.15) is 19.4 Å². The average Bonchev–Trinajstić information content (AvgIpc) is 2.92. The maximum absolute atomic E-state index is 9.57. The number of hydrogen-bond donors (Lipinski definition) is 1. The molecule has 2 aromatic heterocycles. The molecule has 0 bridgehead atoms. The van der Waals surface area contributed by atoms with Crippen LogP contribution in [0.4, 0.5) is 0 Å². The standard InChI is InChI=1S/C14H14O3/c1-14(2,8-15)12-10-4-6-16-11(10)7-9-3-5-17-13(9)12/h3-7,15H,8H2,1-2H3. The summed E-state index contributed by atoms with van der Waals surface area (Å²) < 4.78 is 11.0. The third kappa shape index (κ3) is 1.39. The summed E-state index contributed by atoms with van der Waals surface area (Å²) in [5.74, 6) is 0. The van der Waals surface area contributed by atoms with Crippen molar-refractivity contribution in [3.63, 3.8) is 0 Å². The van der Waals surface area contributed by atoms with Crippen molar-refractivity contribution in [3.05, 3.63) is 36.3 Å². The Kier molecular flexibility index (Phi) is 2.07. The van der Waals surface area contributed by atoms with Gasteiger partial charge in [-0.05, 0) is 18.2 Å². The first-order valence-corrected chi connectivity index (χ1v) is 5.62. The summed E-state index contributed by atoms with van der Waals surface area (Å²) in [6.07, 6.45) is 3.33. The highest BCUT2D eigenvalue weighted by atomic mass is 16.3. The summed E-state index contributed by atoms with van der Waals surface area (Å²) in [4.78, 5) is 0. The van der Waals surface area contributed by atoms with E-state index in [0.717, 1.165) is 27.5 Å². The molecule has 0 saturated carbocycles. The van der Waals surface area contributed by atoms with E-state index in [9.17, 15) is 5.11 Å². The number of hydrogen-bond acceptors (Lipinski definition) is 3. The molecule has 0 saturated heterocycles. The summed E-state index contributed by atoms with van der Waals surface area (Å²) in [6.45, 7) is 4.06. The molecular weight excluding hydrogens is 216 g/mol. The van der Waals surface area contributed by atoms with E-state index in [1.165, 1.54) is 0 Å². The molecule has 0 fully saturated rings. The Balaban J connectivity index is 2.50. The Hall–Kier alpha value is -1.74. The molecule has 88 valence electrons. The Morgan fingerprint density at radius 1 is 1.18 bits per heavy atom. The number of aliphatic hydroxyl groups is 1. The van der Waals surface area contributed by atoms with Gasteiger partial charge in [0.25, 0.3) is 0 Å². The van der Waals surface area contributed by atoms with Crippen molar-refractivity contribution in [1.82, 2.24) is 0 Å². The Morgan fingerprint density at radius 3 is 2.71 bits per heavy atom. The van der Waals surface area contributed by atoms with Crippen LogP contribution in [0.25, 0.3) is 21.9 Å². The van der Waals surface area contributed by atoms with Crippen molar-refractivity contribution in [3.8, 4) is 0 Å². The zero-order chi connectivity index (χ0) is 12.0. The number of rotatable bonds is 2. The highest BCUT2D eigenvalue weighted by molar-refractivity contribution is 5.98. The van der Waals surface area contributed by atoms with Crippen LogP contribution in [-0.2, 0) is 5.41 Å². The molecule has 0 spiro atoms. The van der Waals surface area contributed by atoms with Crippen LogP contribution in [0.5, 0.6) is 0 Å². The lowest BCUT2D eigenvalue weighted by Gasteiger charge is -2.23. The lowest BCUT2D eigenvalue weighted by molar-refractivity contribution is 0.219. The largest absolute Gasteiger partial charge is 0.464 e. The summed E-state index contributed by atoms with van der Waals surface area (Å²) in [5.41, 5.74) is 2.30. The van der Waals surface area contributed by atoms with Gasteiger partial charge in [0.15, 0.2) is 0 Å². The summed E-state index contributed by atoms with van der Waals surface area (Å²) in [6, 6.07) is 5.80. The van der Waals surface area contributed by atoms with Gasteiger partial charge in [0.05, 0.1) is 19.1 Å². The maximum atomic E-state index is 9.57. The summed E-state index contributed by atoms with van der Waals surface area (Å²) >= 11 is 0. The van der Waals surface area contributed by atoms with E-state index in [1.54, 1.807) is 12.5 Å². The van der Waals surface area contributed by atoms with Crippen molar-refractivity contribution < 1.29 is 13.9 Å². The van der Waals surface area contributed by atoms with Gasteiger partial charge in [-0.1, -0.05) is 13.8 Å². The van der Waals surface area contributed by atoms with E-state index in [0.29, 0.717) is 0 Å². The molecule has 1 aromatic carbocycles. The third-order valence-corrected chi connectivity index (χ3v) is 3.25. The van der Waals surface area contributed by atoms with E-state index in [4.69, 9.17) is 8.83 Å². The third-order valence-electron chi connectivity index (χ3n) is 3.25. The van der Waals surface area contributed by atoms with Crippen LogP contribution in [0.15, 0.2) is 39.6 Å². The fourth-order valence-corrected chi connectivity index (χ4v) is 2.29. The number of aliphatic hydroxyl groups excluding tert-OH is 1. The highest BCUT2D eigenvalue weighted by Crippen LogP contribution is 2.37. The van der Waals surface area contributed by atoms with E-state index < -0.39 is 0 Å². The second-order valence-electron chi connectivity index (χ2n) is 4.96. The monoisotopic (exact) mass is 230 g/mol. The van der Waals surface area contributed by atoms with Crippen molar-refractivity contribution in [2.45, 2.75) is 19.3 Å². The predicted octanol–water partition coefficient (Wildman–Crippen LogP) is 3.45. The van der Waals surface area contributed by atoms with Crippen molar-refractivity contribution >= 4 is 21.9 Å². The van der Waals surface area contributed by atoms with Gasteiger partial charge < -0.3 is 13.9 Å². The minimum Gasteiger partial charge on any atom is -0.464 e. The molecule has 3 nitrogen and oxygen atoms in total. The summed E-state index contributed by atoms with van der Waals surface area (Å²) in [7, 11) is 0. The molecule has 0 aliphatic rings. The zero-order valence-electron chi connectivity index (χ0n) is 9.86. The van der Waals surface area contributed by atoms with Gasteiger partial charge in [-0.25, -0.2) is 0 Å². The number of benzene rings is 1. The first-order valence-electron chi connectivity index (χ1n) is 5.62. The predicted molar refractivity (Wildman–Crippen MR) is 66.1 cm³/mol.